The van der Waals surface area contributed by atoms with Gasteiger partial charge in [0.15, 0.2) is 15.7 Å². The molecule has 10 nitrogen and oxygen atoms in total. The second kappa shape index (κ2) is 8.22. The summed E-state index contributed by atoms with van der Waals surface area (Å²) >= 11 is 0. The number of sulfone groups is 1. The first-order valence-corrected chi connectivity index (χ1v) is 12.5. The standard InChI is InChI=1S/C22H28N6O4S/c1-22(2,3)32-21(29)26-15-9-10-27(12-15)18-11-17(28-19(18)20(23)24-13-25-28)14-5-7-16(8-6-14)33(4,30)31/h5-8,11,13,15H,9-10,12H2,1-4H3,(H,26,29)(H2,23,24,25)/t15-/m1/s1. The quantitative estimate of drug-likeness (QED) is 0.592. The number of nitrogen functional groups attached to an aromatic ring is 1. The molecule has 3 aromatic rings. The number of hydrogen-bond donors (Lipinski definition) is 2. The minimum atomic E-state index is -3.29. The van der Waals surface area contributed by atoms with Crippen molar-refractivity contribution in [3.63, 3.8) is 0 Å². The molecule has 0 bridgehead atoms. The van der Waals surface area contributed by atoms with Gasteiger partial charge in [-0.15, -0.1) is 0 Å². The van der Waals surface area contributed by atoms with Gasteiger partial charge in [0.05, 0.1) is 22.3 Å². The first kappa shape index (κ1) is 22.8. The lowest BCUT2D eigenvalue weighted by molar-refractivity contribution is 0.0509. The highest BCUT2D eigenvalue weighted by Gasteiger charge is 2.29. The van der Waals surface area contributed by atoms with Crippen LogP contribution in [-0.2, 0) is 14.6 Å². The van der Waals surface area contributed by atoms with Gasteiger partial charge in [0, 0.05) is 24.9 Å². The summed E-state index contributed by atoms with van der Waals surface area (Å²) in [5.41, 5.74) is 8.73. The van der Waals surface area contributed by atoms with Gasteiger partial charge in [-0.2, -0.15) is 5.10 Å². The Morgan fingerprint density at radius 3 is 2.58 bits per heavy atom. The molecule has 2 aromatic heterocycles. The molecule has 0 radical (unpaired) electrons. The van der Waals surface area contributed by atoms with E-state index in [9.17, 15) is 13.2 Å². The molecule has 11 heteroatoms. The summed E-state index contributed by atoms with van der Waals surface area (Å²) in [6, 6.07) is 8.54. The van der Waals surface area contributed by atoms with Crippen molar-refractivity contribution in [1.82, 2.24) is 19.9 Å². The summed E-state index contributed by atoms with van der Waals surface area (Å²) in [6.45, 7) is 6.77. The van der Waals surface area contributed by atoms with Crippen LogP contribution in [0.3, 0.4) is 0 Å². The van der Waals surface area contributed by atoms with Crippen molar-refractivity contribution in [1.29, 1.82) is 0 Å². The molecule has 1 aliphatic rings. The summed E-state index contributed by atoms with van der Waals surface area (Å²) < 4.78 is 30.7. The van der Waals surface area contributed by atoms with Crippen LogP contribution in [0, 0.1) is 0 Å². The number of alkyl carbamates (subject to hydrolysis) is 1. The van der Waals surface area contributed by atoms with Gasteiger partial charge < -0.3 is 20.7 Å². The molecule has 3 heterocycles. The van der Waals surface area contributed by atoms with E-state index in [4.69, 9.17) is 10.5 Å². The molecule has 0 unspecified atom stereocenters. The highest BCUT2D eigenvalue weighted by molar-refractivity contribution is 7.90. The van der Waals surface area contributed by atoms with Crippen LogP contribution in [0.4, 0.5) is 16.3 Å². The molecule has 4 rings (SSSR count). The van der Waals surface area contributed by atoms with E-state index in [1.807, 2.05) is 26.8 Å². The number of carbonyl (C=O) groups is 1. The zero-order valence-corrected chi connectivity index (χ0v) is 19.9. The molecule has 1 aliphatic heterocycles. The van der Waals surface area contributed by atoms with Gasteiger partial charge in [-0.05, 0) is 45.4 Å². The van der Waals surface area contributed by atoms with Crippen LogP contribution in [0.5, 0.6) is 0 Å². The molecule has 1 atom stereocenters. The van der Waals surface area contributed by atoms with Gasteiger partial charge in [0.25, 0.3) is 0 Å². The van der Waals surface area contributed by atoms with Crippen molar-refractivity contribution < 1.29 is 17.9 Å². The predicted octanol–water partition coefficient (Wildman–Crippen LogP) is 2.49. The van der Waals surface area contributed by atoms with Crippen LogP contribution < -0.4 is 16.0 Å². The van der Waals surface area contributed by atoms with E-state index in [1.54, 1.807) is 28.8 Å². The van der Waals surface area contributed by atoms with Crippen molar-refractivity contribution in [2.24, 2.45) is 0 Å². The topological polar surface area (TPSA) is 132 Å². The molecule has 3 N–H and O–H groups in total. The Hall–Kier alpha value is -3.34. The van der Waals surface area contributed by atoms with Gasteiger partial charge in [-0.3, -0.25) is 0 Å². The average Bonchev–Trinajstić information content (AvgIpc) is 3.31. The van der Waals surface area contributed by atoms with Gasteiger partial charge in [-0.25, -0.2) is 22.7 Å². The Bertz CT molecular complexity index is 1290. The number of carbonyl (C=O) groups excluding carboxylic acids is 1. The van der Waals surface area contributed by atoms with Crippen molar-refractivity contribution in [3.05, 3.63) is 36.7 Å². The minimum absolute atomic E-state index is 0.0712. The average molecular weight is 473 g/mol. The van der Waals surface area contributed by atoms with Crippen molar-refractivity contribution >= 4 is 33.0 Å². The number of amides is 1. The van der Waals surface area contributed by atoms with Crippen LogP contribution >= 0.6 is 0 Å². The van der Waals surface area contributed by atoms with E-state index in [0.29, 0.717) is 24.4 Å². The highest BCUT2D eigenvalue weighted by atomic mass is 32.2. The molecule has 0 spiro atoms. The third-order valence-electron chi connectivity index (χ3n) is 5.39. The molecule has 1 amide bonds. The Morgan fingerprint density at radius 2 is 1.94 bits per heavy atom. The Kier molecular flexibility index (Phi) is 5.69. The normalized spacial score (nSPS) is 16.8. The summed E-state index contributed by atoms with van der Waals surface area (Å²) in [5.74, 6) is 0.336. The van der Waals surface area contributed by atoms with E-state index in [1.165, 1.54) is 12.6 Å². The second-order valence-corrected chi connectivity index (χ2v) is 11.2. The smallest absolute Gasteiger partial charge is 0.407 e. The Morgan fingerprint density at radius 1 is 1.24 bits per heavy atom. The molecular weight excluding hydrogens is 444 g/mol. The SMILES string of the molecule is CC(C)(C)OC(=O)N[C@@H]1CCN(c2cc(-c3ccc(S(C)(=O)=O)cc3)n3ncnc(N)c23)C1. The van der Waals surface area contributed by atoms with Crippen molar-refractivity contribution in [2.45, 2.75) is 43.7 Å². The van der Waals surface area contributed by atoms with Crippen LogP contribution in [0.25, 0.3) is 16.8 Å². The lowest BCUT2D eigenvalue weighted by Gasteiger charge is -2.22. The summed E-state index contributed by atoms with van der Waals surface area (Å²) in [4.78, 5) is 18.7. The van der Waals surface area contributed by atoms with E-state index in [0.717, 1.165) is 23.4 Å². The Balaban J connectivity index is 1.64. The lowest BCUT2D eigenvalue weighted by Crippen LogP contribution is -2.40. The van der Waals surface area contributed by atoms with E-state index >= 15 is 0 Å². The zero-order valence-electron chi connectivity index (χ0n) is 19.1. The molecule has 176 valence electrons. The van der Waals surface area contributed by atoms with Crippen molar-refractivity contribution in [3.8, 4) is 11.3 Å². The van der Waals surface area contributed by atoms with E-state index in [-0.39, 0.29) is 10.9 Å². The minimum Gasteiger partial charge on any atom is -0.444 e. The number of ether oxygens (including phenoxy) is 1. The van der Waals surface area contributed by atoms with E-state index < -0.39 is 21.5 Å². The molecule has 0 saturated carbocycles. The van der Waals surface area contributed by atoms with Crippen molar-refractivity contribution in [2.75, 3.05) is 30.0 Å². The number of aromatic nitrogens is 3. The van der Waals surface area contributed by atoms with Gasteiger partial charge >= 0.3 is 6.09 Å². The second-order valence-electron chi connectivity index (χ2n) is 9.19. The van der Waals surface area contributed by atoms with Crippen LogP contribution in [-0.4, -0.2) is 60.1 Å². The fourth-order valence-corrected chi connectivity index (χ4v) is 4.57. The summed E-state index contributed by atoms with van der Waals surface area (Å²) in [7, 11) is -3.29. The number of rotatable bonds is 4. The van der Waals surface area contributed by atoms with Crippen LogP contribution in [0.15, 0.2) is 41.6 Å². The first-order valence-electron chi connectivity index (χ1n) is 10.6. The summed E-state index contributed by atoms with van der Waals surface area (Å²) in [6.07, 6.45) is 2.88. The monoisotopic (exact) mass is 472 g/mol. The molecule has 1 aromatic carbocycles. The number of benzene rings is 1. The van der Waals surface area contributed by atoms with Gasteiger partial charge in [-0.1, -0.05) is 12.1 Å². The Labute approximate surface area is 192 Å². The number of anilines is 2. The molecule has 1 fully saturated rings. The van der Waals surface area contributed by atoms with Gasteiger partial charge in [0.2, 0.25) is 0 Å². The molecule has 1 saturated heterocycles. The predicted molar refractivity (Wildman–Crippen MR) is 126 cm³/mol. The molecular formula is C22H28N6O4S. The largest absolute Gasteiger partial charge is 0.444 e. The molecule has 0 aliphatic carbocycles. The number of hydrogen-bond acceptors (Lipinski definition) is 8. The maximum absolute atomic E-state index is 12.2. The van der Waals surface area contributed by atoms with E-state index in [2.05, 4.69) is 20.3 Å². The first-order chi connectivity index (χ1) is 15.4. The fraction of sp³-hybridized carbons (Fsp3) is 0.409. The third kappa shape index (κ3) is 4.87. The maximum atomic E-state index is 12.2. The number of nitrogens with zero attached hydrogens (tertiary/aromatic N) is 4. The fourth-order valence-electron chi connectivity index (χ4n) is 3.94. The lowest BCUT2D eigenvalue weighted by atomic mass is 10.1. The summed E-state index contributed by atoms with van der Waals surface area (Å²) in [5, 5.41) is 7.31. The number of nitrogens with two attached hydrogens (primary N) is 1. The number of fused-ring (bicyclic) bond motifs is 1. The molecule has 33 heavy (non-hydrogen) atoms. The zero-order chi connectivity index (χ0) is 24.0. The number of nitrogens with one attached hydrogen (secondary N) is 1. The third-order valence-corrected chi connectivity index (χ3v) is 6.52. The van der Waals surface area contributed by atoms with Crippen LogP contribution in [0.2, 0.25) is 0 Å². The van der Waals surface area contributed by atoms with Gasteiger partial charge in [0.1, 0.15) is 17.4 Å². The van der Waals surface area contributed by atoms with Crippen LogP contribution in [0.1, 0.15) is 27.2 Å². The maximum Gasteiger partial charge on any atom is 0.407 e. The highest BCUT2D eigenvalue weighted by Crippen LogP contribution is 2.35.